The van der Waals surface area contributed by atoms with Gasteiger partial charge in [0.25, 0.3) is 0 Å². The molecule has 12 heavy (non-hydrogen) atoms. The predicted molar refractivity (Wildman–Crippen MR) is 45.9 cm³/mol. The highest BCUT2D eigenvalue weighted by Gasteiger charge is 2.22. The average molecular weight is 187 g/mol. The van der Waals surface area contributed by atoms with Crippen molar-refractivity contribution in [2.24, 2.45) is 0 Å². The number of H-pyrrole nitrogens is 1. The van der Waals surface area contributed by atoms with E-state index in [1.165, 1.54) is 0 Å². The van der Waals surface area contributed by atoms with Crippen LogP contribution < -0.4 is 0 Å². The van der Waals surface area contributed by atoms with Crippen molar-refractivity contribution in [1.82, 2.24) is 10.2 Å². The maximum absolute atomic E-state index is 5.87. The second-order valence-corrected chi connectivity index (χ2v) is 3.46. The molecule has 1 aliphatic heterocycles. The Balaban J connectivity index is 2.04. The molecule has 66 valence electrons. The number of aromatic amines is 1. The minimum Gasteiger partial charge on any atom is -0.353 e. The zero-order valence-corrected chi connectivity index (χ0v) is 7.42. The number of aromatic nitrogens is 2. The summed E-state index contributed by atoms with van der Waals surface area (Å²) in [5.74, 6) is 0. The molecule has 1 N–H and O–H groups in total. The van der Waals surface area contributed by atoms with Crippen LogP contribution in [0, 0.1) is 0 Å². The lowest BCUT2D eigenvalue weighted by Gasteiger charge is -2.25. The third-order valence-corrected chi connectivity index (χ3v) is 2.40. The maximum atomic E-state index is 5.87. The summed E-state index contributed by atoms with van der Waals surface area (Å²) in [5, 5.41) is 6.77. The Morgan fingerprint density at radius 3 is 3.17 bits per heavy atom. The highest BCUT2D eigenvalue weighted by atomic mass is 35.5. The summed E-state index contributed by atoms with van der Waals surface area (Å²) in [5.41, 5.74) is 0.896. The van der Waals surface area contributed by atoms with Crippen molar-refractivity contribution in [3.05, 3.63) is 18.0 Å². The number of hydrogen-bond donors (Lipinski definition) is 1. The second kappa shape index (κ2) is 3.46. The minimum absolute atomic E-state index is 0.115. The largest absolute Gasteiger partial charge is 0.353 e. The van der Waals surface area contributed by atoms with E-state index in [4.69, 9.17) is 16.3 Å². The van der Waals surface area contributed by atoms with E-state index in [2.05, 4.69) is 10.2 Å². The normalized spacial score (nSPS) is 30.4. The Bertz CT molecular complexity index is 237. The fourth-order valence-electron chi connectivity index (χ4n) is 1.45. The first-order valence-electron chi connectivity index (χ1n) is 4.15. The molecule has 2 heterocycles. The average Bonchev–Trinajstić information content (AvgIpc) is 2.56. The molecule has 0 radical (unpaired) electrons. The standard InChI is InChI=1S/C8H11ClN2O/c9-8-3-1-2-7(12-8)6-4-5-10-11-6/h4-5,7-8H,1-3H2,(H,10,11). The fourth-order valence-corrected chi connectivity index (χ4v) is 1.73. The fraction of sp³-hybridized carbons (Fsp3) is 0.625. The summed E-state index contributed by atoms with van der Waals surface area (Å²) < 4.78 is 5.52. The third kappa shape index (κ3) is 1.62. The van der Waals surface area contributed by atoms with Crippen molar-refractivity contribution >= 4 is 11.6 Å². The van der Waals surface area contributed by atoms with Crippen LogP contribution in [-0.4, -0.2) is 15.8 Å². The number of halogens is 1. The predicted octanol–water partition coefficient (Wildman–Crippen LogP) is 2.22. The lowest BCUT2D eigenvalue weighted by Crippen LogP contribution is -2.17. The summed E-state index contributed by atoms with van der Waals surface area (Å²) in [6.07, 6.45) is 4.95. The van der Waals surface area contributed by atoms with Crippen molar-refractivity contribution in [3.63, 3.8) is 0 Å². The van der Waals surface area contributed by atoms with E-state index in [1.807, 2.05) is 6.07 Å². The van der Waals surface area contributed by atoms with Crippen molar-refractivity contribution in [3.8, 4) is 0 Å². The van der Waals surface area contributed by atoms with Gasteiger partial charge in [0.2, 0.25) is 0 Å². The minimum atomic E-state index is -0.132. The van der Waals surface area contributed by atoms with E-state index in [0.29, 0.717) is 0 Å². The number of nitrogens with one attached hydrogen (secondary N) is 1. The van der Waals surface area contributed by atoms with Gasteiger partial charge in [-0.1, -0.05) is 11.6 Å². The lowest BCUT2D eigenvalue weighted by atomic mass is 10.1. The van der Waals surface area contributed by atoms with E-state index in [9.17, 15) is 0 Å². The molecule has 1 aromatic heterocycles. The van der Waals surface area contributed by atoms with Gasteiger partial charge in [0.1, 0.15) is 11.7 Å². The molecule has 1 aromatic rings. The highest BCUT2D eigenvalue weighted by Crippen LogP contribution is 2.31. The SMILES string of the molecule is ClC1CCCC(c2ccn[nH]2)O1. The first-order valence-corrected chi connectivity index (χ1v) is 4.59. The lowest BCUT2D eigenvalue weighted by molar-refractivity contribution is -0.0116. The molecule has 4 heteroatoms. The van der Waals surface area contributed by atoms with Gasteiger partial charge in [-0.05, 0) is 25.3 Å². The molecule has 1 aliphatic rings. The van der Waals surface area contributed by atoms with Gasteiger partial charge in [0.05, 0.1) is 5.69 Å². The molecular weight excluding hydrogens is 176 g/mol. The van der Waals surface area contributed by atoms with Gasteiger partial charge in [0.15, 0.2) is 0 Å². The summed E-state index contributed by atoms with van der Waals surface area (Å²) in [4.78, 5) is 0. The van der Waals surface area contributed by atoms with Crippen molar-refractivity contribution in [2.75, 3.05) is 0 Å². The van der Waals surface area contributed by atoms with Gasteiger partial charge in [-0.2, -0.15) is 5.10 Å². The number of hydrogen-bond acceptors (Lipinski definition) is 2. The smallest absolute Gasteiger partial charge is 0.132 e. The van der Waals surface area contributed by atoms with Crippen molar-refractivity contribution in [2.45, 2.75) is 30.9 Å². The van der Waals surface area contributed by atoms with Gasteiger partial charge >= 0.3 is 0 Å². The molecule has 0 aromatic carbocycles. The van der Waals surface area contributed by atoms with Crippen LogP contribution >= 0.6 is 11.6 Å². The van der Waals surface area contributed by atoms with Gasteiger partial charge in [-0.15, -0.1) is 0 Å². The Hall–Kier alpha value is -0.540. The summed E-state index contributed by atoms with van der Waals surface area (Å²) >= 11 is 5.87. The van der Waals surface area contributed by atoms with Crippen LogP contribution in [0.4, 0.5) is 0 Å². The van der Waals surface area contributed by atoms with Crippen LogP contribution in [0.3, 0.4) is 0 Å². The zero-order valence-electron chi connectivity index (χ0n) is 6.66. The molecular formula is C8H11ClN2O. The molecule has 0 spiro atoms. The maximum Gasteiger partial charge on any atom is 0.132 e. The molecule has 1 saturated heterocycles. The zero-order chi connectivity index (χ0) is 8.39. The Morgan fingerprint density at radius 1 is 1.58 bits per heavy atom. The molecule has 3 nitrogen and oxygen atoms in total. The Morgan fingerprint density at radius 2 is 2.50 bits per heavy atom. The van der Waals surface area contributed by atoms with Gasteiger partial charge < -0.3 is 4.74 Å². The van der Waals surface area contributed by atoms with Crippen LogP contribution in [-0.2, 0) is 4.74 Å². The van der Waals surface area contributed by atoms with Crippen LogP contribution in [0.15, 0.2) is 12.3 Å². The molecule has 0 aliphatic carbocycles. The van der Waals surface area contributed by atoms with E-state index in [-0.39, 0.29) is 11.7 Å². The van der Waals surface area contributed by atoms with Crippen LogP contribution in [0.5, 0.6) is 0 Å². The van der Waals surface area contributed by atoms with Gasteiger partial charge in [0, 0.05) is 6.20 Å². The highest BCUT2D eigenvalue weighted by molar-refractivity contribution is 6.19. The number of rotatable bonds is 1. The Kier molecular flexibility index (Phi) is 2.33. The van der Waals surface area contributed by atoms with Crippen molar-refractivity contribution < 1.29 is 4.74 Å². The monoisotopic (exact) mass is 186 g/mol. The first-order chi connectivity index (χ1) is 5.86. The summed E-state index contributed by atoms with van der Waals surface area (Å²) in [6.45, 7) is 0. The Labute approximate surface area is 76.1 Å². The van der Waals surface area contributed by atoms with Gasteiger partial charge in [-0.25, -0.2) is 0 Å². The molecule has 1 fully saturated rings. The second-order valence-electron chi connectivity index (χ2n) is 2.98. The molecule has 2 rings (SSSR count). The third-order valence-electron chi connectivity index (χ3n) is 2.08. The quantitative estimate of drug-likeness (QED) is 0.683. The van der Waals surface area contributed by atoms with Crippen LogP contribution in [0.1, 0.15) is 31.1 Å². The van der Waals surface area contributed by atoms with Gasteiger partial charge in [-0.3, -0.25) is 5.10 Å². The number of ether oxygens (including phenoxy) is 1. The van der Waals surface area contributed by atoms with E-state index in [1.54, 1.807) is 6.20 Å². The molecule has 2 unspecified atom stereocenters. The molecule has 0 saturated carbocycles. The summed E-state index contributed by atoms with van der Waals surface area (Å²) in [7, 11) is 0. The molecule has 0 bridgehead atoms. The van der Waals surface area contributed by atoms with E-state index < -0.39 is 0 Å². The van der Waals surface area contributed by atoms with E-state index >= 15 is 0 Å². The van der Waals surface area contributed by atoms with Crippen LogP contribution in [0.25, 0.3) is 0 Å². The molecule has 2 atom stereocenters. The topological polar surface area (TPSA) is 37.9 Å². The molecule has 0 amide bonds. The number of alkyl halides is 1. The van der Waals surface area contributed by atoms with Crippen LogP contribution in [0.2, 0.25) is 0 Å². The van der Waals surface area contributed by atoms with E-state index in [0.717, 1.165) is 25.0 Å². The number of nitrogens with zero attached hydrogens (tertiary/aromatic N) is 1. The first kappa shape index (κ1) is 8.08. The summed E-state index contributed by atoms with van der Waals surface area (Å²) in [6, 6.07) is 1.93. The van der Waals surface area contributed by atoms with Crippen molar-refractivity contribution in [1.29, 1.82) is 0 Å².